The van der Waals surface area contributed by atoms with Gasteiger partial charge in [0.25, 0.3) is 0 Å². The summed E-state index contributed by atoms with van der Waals surface area (Å²) in [6, 6.07) is 3.69. The fraction of sp³-hybridized carbons (Fsp3) is 0.500. The normalized spacial score (nSPS) is 19.4. The average Bonchev–Trinajstić information content (AvgIpc) is 3.03. The fourth-order valence-corrected chi connectivity index (χ4v) is 3.13. The second-order valence-corrected chi connectivity index (χ2v) is 7.91. The van der Waals surface area contributed by atoms with Crippen LogP contribution in [0, 0.1) is 5.82 Å². The summed E-state index contributed by atoms with van der Waals surface area (Å²) in [4.78, 5) is 26.7. The summed E-state index contributed by atoms with van der Waals surface area (Å²) < 4.78 is 25.1. The van der Waals surface area contributed by atoms with Crippen molar-refractivity contribution in [2.45, 2.75) is 51.5 Å². The van der Waals surface area contributed by atoms with E-state index in [1.807, 2.05) is 0 Å². The van der Waals surface area contributed by atoms with Crippen molar-refractivity contribution >= 4 is 23.6 Å². The van der Waals surface area contributed by atoms with E-state index in [2.05, 4.69) is 11.9 Å². The van der Waals surface area contributed by atoms with Crippen LogP contribution < -0.4 is 5.32 Å². The molecule has 0 spiro atoms. The second kappa shape index (κ2) is 9.39. The number of nitrogens with one attached hydrogen (secondary N) is 1. The highest BCUT2D eigenvalue weighted by molar-refractivity contribution is 6.30. The summed E-state index contributed by atoms with van der Waals surface area (Å²) in [6.45, 7) is 9.38. The Morgan fingerprint density at radius 3 is 2.79 bits per heavy atom. The van der Waals surface area contributed by atoms with Crippen molar-refractivity contribution < 1.29 is 23.5 Å². The number of carbonyl (C=O) groups excluding carboxylic acids is 2. The van der Waals surface area contributed by atoms with Crippen molar-refractivity contribution in [2.75, 3.05) is 13.2 Å². The zero-order valence-corrected chi connectivity index (χ0v) is 17.1. The molecule has 154 valence electrons. The number of likely N-dealkylation sites (tertiary alicyclic amines) is 1. The van der Waals surface area contributed by atoms with Gasteiger partial charge in [-0.3, -0.25) is 9.69 Å². The molecule has 1 fully saturated rings. The van der Waals surface area contributed by atoms with E-state index in [4.69, 9.17) is 21.1 Å². The minimum Gasteiger partial charge on any atom is -0.444 e. The van der Waals surface area contributed by atoms with Gasteiger partial charge in [-0.05, 0) is 33.3 Å². The molecule has 1 aromatic carbocycles. The summed E-state index contributed by atoms with van der Waals surface area (Å²) in [5, 5.41) is 2.65. The van der Waals surface area contributed by atoms with E-state index in [9.17, 15) is 14.0 Å². The zero-order valence-electron chi connectivity index (χ0n) is 16.3. The lowest BCUT2D eigenvalue weighted by Crippen LogP contribution is -2.51. The van der Waals surface area contributed by atoms with Crippen LogP contribution in [0.25, 0.3) is 0 Å². The number of amides is 2. The van der Waals surface area contributed by atoms with Crippen molar-refractivity contribution in [3.8, 4) is 0 Å². The number of hydrogen-bond acceptors (Lipinski definition) is 4. The van der Waals surface area contributed by atoms with Gasteiger partial charge < -0.3 is 14.8 Å². The van der Waals surface area contributed by atoms with Gasteiger partial charge in [-0.15, -0.1) is 6.58 Å². The highest BCUT2D eigenvalue weighted by Gasteiger charge is 2.44. The van der Waals surface area contributed by atoms with Crippen LogP contribution in [0.5, 0.6) is 0 Å². The van der Waals surface area contributed by atoms with Crippen LogP contribution in [0.2, 0.25) is 5.02 Å². The van der Waals surface area contributed by atoms with Gasteiger partial charge in [0.05, 0.1) is 17.7 Å². The minimum absolute atomic E-state index is 0.0183. The molecule has 1 N–H and O–H groups in total. The molecule has 0 aromatic heterocycles. The fourth-order valence-electron chi connectivity index (χ4n) is 2.94. The van der Waals surface area contributed by atoms with Gasteiger partial charge in [-0.1, -0.05) is 29.8 Å². The van der Waals surface area contributed by atoms with Gasteiger partial charge in [0.2, 0.25) is 5.91 Å². The molecule has 1 heterocycles. The van der Waals surface area contributed by atoms with Crippen molar-refractivity contribution in [2.24, 2.45) is 0 Å². The molecular formula is C20H26ClFN2O4. The van der Waals surface area contributed by atoms with Crippen LogP contribution in [-0.2, 0) is 20.8 Å². The summed E-state index contributed by atoms with van der Waals surface area (Å²) in [5.74, 6) is -1.03. The summed E-state index contributed by atoms with van der Waals surface area (Å²) in [5.41, 5.74) is -0.437. The lowest BCUT2D eigenvalue weighted by Gasteiger charge is -2.29. The standard InChI is InChI=1S/C20H26ClFN2O4/c1-5-11-27-15-9-10-24(19(26)28-20(2,3)4)17(15)18(25)23-12-13-7-6-8-14(21)16(13)22/h5-8,15,17H,1,9-12H2,2-4H3,(H,23,25)/t15-,17+/m1/s1. The van der Waals surface area contributed by atoms with Crippen LogP contribution >= 0.6 is 11.6 Å². The topological polar surface area (TPSA) is 67.9 Å². The van der Waals surface area contributed by atoms with Crippen LogP contribution in [0.3, 0.4) is 0 Å². The van der Waals surface area contributed by atoms with E-state index in [1.54, 1.807) is 32.9 Å². The summed E-state index contributed by atoms with van der Waals surface area (Å²) >= 11 is 5.78. The van der Waals surface area contributed by atoms with Gasteiger partial charge in [0, 0.05) is 18.7 Å². The van der Waals surface area contributed by atoms with Crippen LogP contribution in [0.15, 0.2) is 30.9 Å². The van der Waals surface area contributed by atoms with Crippen molar-refractivity contribution in [1.82, 2.24) is 10.2 Å². The Hall–Kier alpha value is -2.12. The third-order valence-corrected chi connectivity index (χ3v) is 4.44. The molecule has 8 heteroatoms. The van der Waals surface area contributed by atoms with Gasteiger partial charge in [0.1, 0.15) is 17.5 Å². The van der Waals surface area contributed by atoms with E-state index in [-0.39, 0.29) is 23.7 Å². The van der Waals surface area contributed by atoms with E-state index >= 15 is 0 Å². The van der Waals surface area contributed by atoms with E-state index in [0.29, 0.717) is 13.0 Å². The molecule has 0 saturated carbocycles. The molecule has 1 aromatic rings. The third kappa shape index (κ3) is 5.69. The summed E-state index contributed by atoms with van der Waals surface area (Å²) in [6.07, 6.45) is 0.962. The molecule has 1 saturated heterocycles. The first kappa shape index (κ1) is 22.2. The highest BCUT2D eigenvalue weighted by Crippen LogP contribution is 2.25. The molecular weight excluding hydrogens is 387 g/mol. The molecule has 2 rings (SSSR count). The van der Waals surface area contributed by atoms with Crippen LogP contribution in [-0.4, -0.2) is 47.8 Å². The largest absolute Gasteiger partial charge is 0.444 e. The molecule has 0 aliphatic carbocycles. The first-order chi connectivity index (χ1) is 13.1. The van der Waals surface area contributed by atoms with Gasteiger partial charge in [-0.2, -0.15) is 0 Å². The third-order valence-electron chi connectivity index (χ3n) is 4.15. The number of halogens is 2. The minimum atomic E-state index is -0.878. The lowest BCUT2D eigenvalue weighted by atomic mass is 10.1. The Bertz CT molecular complexity index is 735. The van der Waals surface area contributed by atoms with E-state index in [0.717, 1.165) is 0 Å². The monoisotopic (exact) mass is 412 g/mol. The molecule has 6 nitrogen and oxygen atoms in total. The molecule has 1 aliphatic rings. The number of benzene rings is 1. The maximum absolute atomic E-state index is 14.1. The van der Waals surface area contributed by atoms with Crippen LogP contribution in [0.1, 0.15) is 32.8 Å². The van der Waals surface area contributed by atoms with E-state index < -0.39 is 35.6 Å². The van der Waals surface area contributed by atoms with Gasteiger partial charge >= 0.3 is 6.09 Å². The molecule has 0 radical (unpaired) electrons. The second-order valence-electron chi connectivity index (χ2n) is 7.50. The Labute approximate surface area is 169 Å². The Morgan fingerprint density at radius 2 is 2.14 bits per heavy atom. The molecule has 2 amide bonds. The maximum atomic E-state index is 14.1. The first-order valence-corrected chi connectivity index (χ1v) is 9.44. The van der Waals surface area contributed by atoms with Gasteiger partial charge in [-0.25, -0.2) is 9.18 Å². The van der Waals surface area contributed by atoms with Crippen LogP contribution in [0.4, 0.5) is 9.18 Å². The zero-order chi connectivity index (χ0) is 20.9. The Balaban J connectivity index is 2.13. The quantitative estimate of drug-likeness (QED) is 0.724. The SMILES string of the molecule is C=CCO[C@@H]1CCN(C(=O)OC(C)(C)C)[C@@H]1C(=O)NCc1cccc(Cl)c1F. The summed E-state index contributed by atoms with van der Waals surface area (Å²) in [7, 11) is 0. The number of carbonyl (C=O) groups is 2. The average molecular weight is 413 g/mol. The Morgan fingerprint density at radius 1 is 1.43 bits per heavy atom. The molecule has 0 bridgehead atoms. The maximum Gasteiger partial charge on any atom is 0.411 e. The van der Waals surface area contributed by atoms with Crippen molar-refractivity contribution in [3.63, 3.8) is 0 Å². The van der Waals surface area contributed by atoms with Gasteiger partial charge in [0.15, 0.2) is 0 Å². The predicted octanol–water partition coefficient (Wildman–Crippen LogP) is 3.68. The molecule has 28 heavy (non-hydrogen) atoms. The number of nitrogens with zero attached hydrogens (tertiary/aromatic N) is 1. The number of hydrogen-bond donors (Lipinski definition) is 1. The first-order valence-electron chi connectivity index (χ1n) is 9.06. The number of ether oxygens (including phenoxy) is 2. The lowest BCUT2D eigenvalue weighted by molar-refractivity contribution is -0.129. The predicted molar refractivity (Wildman–Crippen MR) is 105 cm³/mol. The van der Waals surface area contributed by atoms with E-state index in [1.165, 1.54) is 17.0 Å². The van der Waals surface area contributed by atoms with Crippen molar-refractivity contribution in [1.29, 1.82) is 0 Å². The number of rotatable bonds is 6. The molecule has 0 unspecified atom stereocenters. The molecule has 1 aliphatic heterocycles. The smallest absolute Gasteiger partial charge is 0.411 e. The molecule has 2 atom stereocenters. The van der Waals surface area contributed by atoms with Crippen molar-refractivity contribution in [3.05, 3.63) is 47.3 Å². The highest BCUT2D eigenvalue weighted by atomic mass is 35.5. The Kier molecular flexibility index (Phi) is 7.43.